The van der Waals surface area contributed by atoms with Crippen molar-refractivity contribution in [3.63, 3.8) is 0 Å². The highest BCUT2D eigenvalue weighted by Crippen LogP contribution is 2.12. The van der Waals surface area contributed by atoms with E-state index in [0.717, 1.165) is 5.56 Å². The first kappa shape index (κ1) is 17.4. The fraction of sp³-hybridized carbons (Fsp3) is 0.500. The van der Waals surface area contributed by atoms with E-state index < -0.39 is 0 Å². The van der Waals surface area contributed by atoms with Crippen LogP contribution in [0.3, 0.4) is 0 Å². The summed E-state index contributed by atoms with van der Waals surface area (Å²) in [5.74, 6) is -0.604. The Balaban J connectivity index is 1.89. The highest BCUT2D eigenvalue weighted by Gasteiger charge is 2.28. The molecule has 1 aromatic rings. The molecule has 0 radical (unpaired) electrons. The first-order valence-electron chi connectivity index (χ1n) is 7.56. The maximum absolute atomic E-state index is 13.2. The molecule has 1 heterocycles. The standard InChI is InChI=1S/C16H22FN3O3/c1-23-14(9-18)8-15(21)20-6-5-19(16(22)11-20)10-12-3-2-4-13(17)7-12/h2-4,7,14H,5-6,8-11,18H2,1H3. The van der Waals surface area contributed by atoms with Crippen LogP contribution < -0.4 is 5.73 Å². The predicted molar refractivity (Wildman–Crippen MR) is 82.9 cm³/mol. The third-order valence-corrected chi connectivity index (χ3v) is 3.93. The highest BCUT2D eigenvalue weighted by atomic mass is 19.1. The lowest BCUT2D eigenvalue weighted by molar-refractivity contribution is -0.146. The van der Waals surface area contributed by atoms with Crippen molar-refractivity contribution >= 4 is 11.8 Å². The van der Waals surface area contributed by atoms with Crippen LogP contribution in [0.1, 0.15) is 12.0 Å². The summed E-state index contributed by atoms with van der Waals surface area (Å²) in [5, 5.41) is 0. The minimum atomic E-state index is -0.331. The van der Waals surface area contributed by atoms with Crippen molar-refractivity contribution in [1.29, 1.82) is 0 Å². The molecule has 0 aliphatic carbocycles. The molecule has 0 spiro atoms. The van der Waals surface area contributed by atoms with Gasteiger partial charge in [-0.15, -0.1) is 0 Å². The van der Waals surface area contributed by atoms with Gasteiger partial charge < -0.3 is 20.3 Å². The van der Waals surface area contributed by atoms with E-state index in [4.69, 9.17) is 10.5 Å². The molecule has 0 saturated carbocycles. The van der Waals surface area contributed by atoms with E-state index >= 15 is 0 Å². The number of carbonyl (C=O) groups is 2. The number of methoxy groups -OCH3 is 1. The molecule has 0 bridgehead atoms. The number of amides is 2. The minimum Gasteiger partial charge on any atom is -0.380 e. The largest absolute Gasteiger partial charge is 0.380 e. The van der Waals surface area contributed by atoms with Gasteiger partial charge in [0, 0.05) is 33.3 Å². The van der Waals surface area contributed by atoms with E-state index in [1.807, 2.05) is 0 Å². The van der Waals surface area contributed by atoms with Crippen LogP contribution in [0.15, 0.2) is 24.3 Å². The zero-order chi connectivity index (χ0) is 16.8. The summed E-state index contributed by atoms with van der Waals surface area (Å²) in [6.07, 6.45) is -0.160. The summed E-state index contributed by atoms with van der Waals surface area (Å²) < 4.78 is 18.3. The molecule has 2 N–H and O–H groups in total. The molecule has 2 rings (SSSR count). The van der Waals surface area contributed by atoms with Crippen molar-refractivity contribution in [3.05, 3.63) is 35.6 Å². The number of benzene rings is 1. The second-order valence-electron chi connectivity index (χ2n) is 5.56. The van der Waals surface area contributed by atoms with Gasteiger partial charge in [-0.1, -0.05) is 12.1 Å². The van der Waals surface area contributed by atoms with E-state index in [1.54, 1.807) is 17.0 Å². The lowest BCUT2D eigenvalue weighted by Crippen LogP contribution is -2.52. The molecule has 6 nitrogen and oxygen atoms in total. The van der Waals surface area contributed by atoms with Gasteiger partial charge in [0.05, 0.1) is 19.1 Å². The summed E-state index contributed by atoms with van der Waals surface area (Å²) in [6, 6.07) is 6.17. The lowest BCUT2D eigenvalue weighted by Gasteiger charge is -2.35. The molecule has 23 heavy (non-hydrogen) atoms. The van der Waals surface area contributed by atoms with Crippen LogP contribution in [-0.2, 0) is 20.9 Å². The number of rotatable bonds is 6. The summed E-state index contributed by atoms with van der Waals surface area (Å²) >= 11 is 0. The molecule has 1 aliphatic heterocycles. The quantitative estimate of drug-likeness (QED) is 0.820. The molecule has 2 amide bonds. The van der Waals surface area contributed by atoms with Gasteiger partial charge in [-0.3, -0.25) is 9.59 Å². The average molecular weight is 323 g/mol. The Bertz CT molecular complexity index is 563. The van der Waals surface area contributed by atoms with E-state index in [9.17, 15) is 14.0 Å². The smallest absolute Gasteiger partial charge is 0.242 e. The van der Waals surface area contributed by atoms with Gasteiger partial charge in [-0.05, 0) is 17.7 Å². The molecule has 1 fully saturated rings. The predicted octanol–water partition coefficient (Wildman–Crippen LogP) is 0.360. The molecular weight excluding hydrogens is 301 g/mol. The van der Waals surface area contributed by atoms with Crippen LogP contribution in [-0.4, -0.2) is 61.0 Å². The fourth-order valence-electron chi connectivity index (χ4n) is 2.53. The Morgan fingerprint density at radius 1 is 1.43 bits per heavy atom. The van der Waals surface area contributed by atoms with E-state index in [2.05, 4.69) is 0 Å². The number of hydrogen-bond acceptors (Lipinski definition) is 4. The number of nitrogens with two attached hydrogens (primary N) is 1. The van der Waals surface area contributed by atoms with Crippen LogP contribution in [0.25, 0.3) is 0 Å². The third kappa shape index (κ3) is 4.74. The number of halogens is 1. The summed E-state index contributed by atoms with van der Waals surface area (Å²) in [6.45, 7) is 1.54. The van der Waals surface area contributed by atoms with Crippen LogP contribution in [0.5, 0.6) is 0 Å². The molecule has 1 aromatic carbocycles. The van der Waals surface area contributed by atoms with E-state index in [1.165, 1.54) is 24.1 Å². The zero-order valence-electron chi connectivity index (χ0n) is 13.2. The number of ether oxygens (including phenoxy) is 1. The van der Waals surface area contributed by atoms with Gasteiger partial charge >= 0.3 is 0 Å². The first-order valence-corrected chi connectivity index (χ1v) is 7.56. The Kier molecular flexibility index (Phi) is 6.06. The number of piperazine rings is 1. The second kappa shape index (κ2) is 8.03. The molecule has 1 aliphatic rings. The molecular formula is C16H22FN3O3. The molecule has 1 saturated heterocycles. The van der Waals surface area contributed by atoms with Crippen LogP contribution in [0, 0.1) is 5.82 Å². The van der Waals surface area contributed by atoms with Gasteiger partial charge in [-0.25, -0.2) is 4.39 Å². The number of carbonyl (C=O) groups excluding carboxylic acids is 2. The van der Waals surface area contributed by atoms with Crippen molar-refractivity contribution in [2.45, 2.75) is 19.1 Å². The van der Waals surface area contributed by atoms with Crippen LogP contribution in [0.2, 0.25) is 0 Å². The minimum absolute atomic E-state index is 0.0369. The monoisotopic (exact) mass is 323 g/mol. The van der Waals surface area contributed by atoms with Gasteiger partial charge in [0.1, 0.15) is 5.82 Å². The molecule has 0 aromatic heterocycles. The van der Waals surface area contributed by atoms with E-state index in [-0.39, 0.29) is 43.2 Å². The van der Waals surface area contributed by atoms with Crippen LogP contribution in [0.4, 0.5) is 4.39 Å². The number of nitrogens with zero attached hydrogens (tertiary/aromatic N) is 2. The van der Waals surface area contributed by atoms with Crippen molar-refractivity contribution in [2.24, 2.45) is 5.73 Å². The third-order valence-electron chi connectivity index (χ3n) is 3.93. The van der Waals surface area contributed by atoms with Crippen molar-refractivity contribution in [3.8, 4) is 0 Å². The summed E-state index contributed by atoms with van der Waals surface area (Å²) in [4.78, 5) is 27.5. The van der Waals surface area contributed by atoms with Gasteiger partial charge in [0.15, 0.2) is 0 Å². The maximum Gasteiger partial charge on any atom is 0.242 e. The van der Waals surface area contributed by atoms with Crippen LogP contribution >= 0.6 is 0 Å². The molecule has 1 unspecified atom stereocenters. The van der Waals surface area contributed by atoms with Crippen molar-refractivity contribution < 1.29 is 18.7 Å². The lowest BCUT2D eigenvalue weighted by atomic mass is 10.1. The van der Waals surface area contributed by atoms with E-state index in [0.29, 0.717) is 19.6 Å². The summed E-state index contributed by atoms with van der Waals surface area (Å²) in [5.41, 5.74) is 6.24. The second-order valence-corrected chi connectivity index (χ2v) is 5.56. The molecule has 1 atom stereocenters. The SMILES string of the molecule is COC(CN)CC(=O)N1CCN(Cc2cccc(F)c2)C(=O)C1. The average Bonchev–Trinajstić information content (AvgIpc) is 2.54. The van der Waals surface area contributed by atoms with Gasteiger partial charge in [-0.2, -0.15) is 0 Å². The Morgan fingerprint density at radius 3 is 2.83 bits per heavy atom. The van der Waals surface area contributed by atoms with Crippen molar-refractivity contribution in [1.82, 2.24) is 9.80 Å². The fourth-order valence-corrected chi connectivity index (χ4v) is 2.53. The van der Waals surface area contributed by atoms with Gasteiger partial charge in [0.2, 0.25) is 11.8 Å². The normalized spacial score (nSPS) is 16.6. The maximum atomic E-state index is 13.2. The number of hydrogen-bond donors (Lipinski definition) is 1. The topological polar surface area (TPSA) is 75.9 Å². The highest BCUT2D eigenvalue weighted by molar-refractivity contribution is 5.86. The molecule has 7 heteroatoms. The molecule has 126 valence electrons. The zero-order valence-corrected chi connectivity index (χ0v) is 13.2. The Morgan fingerprint density at radius 2 is 2.22 bits per heavy atom. The van der Waals surface area contributed by atoms with Gasteiger partial charge in [0.25, 0.3) is 0 Å². The Hall–Kier alpha value is -1.99. The van der Waals surface area contributed by atoms with Crippen molar-refractivity contribution in [2.75, 3.05) is 33.3 Å². The first-order chi connectivity index (χ1) is 11.0. The summed E-state index contributed by atoms with van der Waals surface area (Å²) in [7, 11) is 1.51. The Labute approximate surface area is 135 Å².